The Hall–Kier alpha value is -1.80. The second-order valence-electron chi connectivity index (χ2n) is 6.08. The average Bonchev–Trinajstić information content (AvgIpc) is 3.34. The van der Waals surface area contributed by atoms with Gasteiger partial charge in [-0.2, -0.15) is 0 Å². The van der Waals surface area contributed by atoms with E-state index in [1.165, 1.54) is 0 Å². The van der Waals surface area contributed by atoms with Crippen LogP contribution in [0, 0.1) is 0 Å². The quantitative estimate of drug-likeness (QED) is 0.483. The summed E-state index contributed by atoms with van der Waals surface area (Å²) in [4.78, 5) is 25.5. The van der Waals surface area contributed by atoms with Gasteiger partial charge >= 0.3 is 5.97 Å². The molecule has 0 amide bonds. The van der Waals surface area contributed by atoms with E-state index in [-0.39, 0.29) is 35.3 Å². The molecule has 0 spiro atoms. The first-order valence-corrected chi connectivity index (χ1v) is 10.7. The highest BCUT2D eigenvalue weighted by Crippen LogP contribution is 2.43. The van der Waals surface area contributed by atoms with Gasteiger partial charge in [0.2, 0.25) is 5.69 Å². The van der Waals surface area contributed by atoms with Crippen LogP contribution >= 0.6 is 15.9 Å². The summed E-state index contributed by atoms with van der Waals surface area (Å²) >= 11 is 3.42. The molecule has 1 aromatic heterocycles. The summed E-state index contributed by atoms with van der Waals surface area (Å²) in [5, 5.41) is 3.81. The molecule has 0 radical (unpaired) electrons. The molecule has 26 heavy (non-hydrogen) atoms. The lowest BCUT2D eigenvalue weighted by molar-refractivity contribution is 0.0512. The molecule has 1 atom stereocenters. The van der Waals surface area contributed by atoms with E-state index in [2.05, 4.69) is 21.1 Å². The highest BCUT2D eigenvalue weighted by atomic mass is 79.9. The Balaban J connectivity index is 2.11. The summed E-state index contributed by atoms with van der Waals surface area (Å²) in [5.74, 6) is -0.288. The zero-order chi connectivity index (χ0) is 18.8. The fourth-order valence-corrected chi connectivity index (χ4v) is 4.15. The Bertz CT molecular complexity index is 888. The largest absolute Gasteiger partial charge is 0.461 e. The van der Waals surface area contributed by atoms with E-state index < -0.39 is 16.8 Å². The van der Waals surface area contributed by atoms with Crippen molar-refractivity contribution in [1.29, 1.82) is 0 Å². The zero-order valence-corrected chi connectivity index (χ0v) is 16.8. The van der Waals surface area contributed by atoms with E-state index in [0.717, 1.165) is 12.8 Å². The van der Waals surface area contributed by atoms with E-state index in [0.29, 0.717) is 21.4 Å². The molecule has 0 aliphatic heterocycles. The van der Waals surface area contributed by atoms with Crippen molar-refractivity contribution in [3.63, 3.8) is 0 Å². The fourth-order valence-electron chi connectivity index (χ4n) is 2.74. The zero-order valence-electron chi connectivity index (χ0n) is 14.4. The number of benzene rings is 1. The number of hydrogen-bond acceptors (Lipinski definition) is 6. The van der Waals surface area contributed by atoms with E-state index in [1.807, 2.05) is 0 Å². The molecule has 0 bridgehead atoms. The monoisotopic (exact) mass is 439 g/mol. The van der Waals surface area contributed by atoms with Crippen LogP contribution in [0.4, 0.5) is 0 Å². The van der Waals surface area contributed by atoms with Crippen LogP contribution in [0.25, 0.3) is 0 Å². The molecule has 0 N–H and O–H groups in total. The summed E-state index contributed by atoms with van der Waals surface area (Å²) in [6.07, 6.45) is 3.36. The first-order valence-electron chi connectivity index (χ1n) is 8.22. The van der Waals surface area contributed by atoms with E-state index in [1.54, 1.807) is 31.4 Å². The number of rotatable bonds is 7. The molecular formula is C18H18BrNO5S. The number of ketones is 1. The van der Waals surface area contributed by atoms with Gasteiger partial charge in [-0.1, -0.05) is 33.2 Å². The molecule has 1 unspecified atom stereocenters. The lowest BCUT2D eigenvalue weighted by Gasteiger charge is -2.10. The van der Waals surface area contributed by atoms with Crippen LogP contribution in [0.3, 0.4) is 0 Å². The highest BCUT2D eigenvalue weighted by Gasteiger charge is 2.38. The summed E-state index contributed by atoms with van der Waals surface area (Å²) < 4.78 is 22.8. The van der Waals surface area contributed by atoms with Gasteiger partial charge in [0.05, 0.1) is 12.4 Å². The van der Waals surface area contributed by atoms with Gasteiger partial charge in [0.25, 0.3) is 0 Å². The fraction of sp³-hybridized carbons (Fsp3) is 0.389. The number of carbonyl (C=O) groups excluding carboxylic acids is 2. The van der Waals surface area contributed by atoms with Crippen molar-refractivity contribution >= 4 is 38.5 Å². The smallest absolute Gasteiger partial charge is 0.361 e. The van der Waals surface area contributed by atoms with Crippen molar-refractivity contribution in [2.45, 2.75) is 31.4 Å². The van der Waals surface area contributed by atoms with Crippen molar-refractivity contribution in [3.05, 3.63) is 50.8 Å². The third-order valence-electron chi connectivity index (χ3n) is 4.07. The van der Waals surface area contributed by atoms with Gasteiger partial charge in [-0.05, 0) is 31.4 Å². The maximum Gasteiger partial charge on any atom is 0.361 e. The standard InChI is InChI=1S/C18H18BrNO5S/c1-3-24-18(22)15-14(17(25-20-15)10-7-8-10)16(21)11-5-4-6-13(19)12(11)9-26(2)23/h4-6,10H,3,7-9H2,1-2H3. The summed E-state index contributed by atoms with van der Waals surface area (Å²) in [7, 11) is -1.13. The predicted octanol–water partition coefficient (Wildman–Crippen LogP) is 3.60. The minimum atomic E-state index is -1.13. The number of ether oxygens (including phenoxy) is 1. The van der Waals surface area contributed by atoms with Crippen molar-refractivity contribution in [1.82, 2.24) is 5.16 Å². The van der Waals surface area contributed by atoms with Crippen molar-refractivity contribution in [2.24, 2.45) is 0 Å². The van der Waals surface area contributed by atoms with Crippen LogP contribution in [-0.4, -0.2) is 34.0 Å². The number of nitrogens with zero attached hydrogens (tertiary/aromatic N) is 1. The number of aromatic nitrogens is 1. The Morgan fingerprint density at radius 2 is 2.12 bits per heavy atom. The van der Waals surface area contributed by atoms with E-state index in [4.69, 9.17) is 9.26 Å². The van der Waals surface area contributed by atoms with Crippen LogP contribution in [0.5, 0.6) is 0 Å². The molecule has 6 nitrogen and oxygen atoms in total. The van der Waals surface area contributed by atoms with Crippen LogP contribution in [0.2, 0.25) is 0 Å². The van der Waals surface area contributed by atoms with E-state index >= 15 is 0 Å². The minimum absolute atomic E-state index is 0.0951. The van der Waals surface area contributed by atoms with Crippen molar-refractivity contribution in [2.75, 3.05) is 12.9 Å². The van der Waals surface area contributed by atoms with Gasteiger partial charge in [-0.3, -0.25) is 9.00 Å². The molecule has 3 rings (SSSR count). The molecule has 8 heteroatoms. The molecule has 0 saturated heterocycles. The Kier molecular flexibility index (Phi) is 5.72. The maximum atomic E-state index is 13.3. The van der Waals surface area contributed by atoms with Gasteiger partial charge < -0.3 is 9.26 Å². The summed E-state index contributed by atoms with van der Waals surface area (Å²) in [6, 6.07) is 5.18. The first-order chi connectivity index (χ1) is 12.4. The molecule has 138 valence electrons. The molecule has 2 aromatic rings. The lowest BCUT2D eigenvalue weighted by atomic mass is 9.96. The molecule has 1 fully saturated rings. The molecule has 1 aromatic carbocycles. The van der Waals surface area contributed by atoms with Crippen molar-refractivity contribution in [3.8, 4) is 0 Å². The van der Waals surface area contributed by atoms with Gasteiger partial charge in [0, 0.05) is 33.0 Å². The summed E-state index contributed by atoms with van der Waals surface area (Å²) in [6.45, 7) is 1.86. The Labute approximate surface area is 161 Å². The topological polar surface area (TPSA) is 86.5 Å². The Morgan fingerprint density at radius 1 is 1.38 bits per heavy atom. The highest BCUT2D eigenvalue weighted by molar-refractivity contribution is 9.10. The normalized spacial score (nSPS) is 14.9. The summed E-state index contributed by atoms with van der Waals surface area (Å²) in [5.41, 5.74) is 1.08. The van der Waals surface area contributed by atoms with Crippen LogP contribution in [0.15, 0.2) is 27.2 Å². The number of hydrogen-bond donors (Lipinski definition) is 0. The SMILES string of the molecule is CCOC(=O)c1noc(C2CC2)c1C(=O)c1cccc(Br)c1CS(C)=O. The third kappa shape index (κ3) is 3.81. The maximum absolute atomic E-state index is 13.3. The molecule has 1 heterocycles. The van der Waals surface area contributed by atoms with Gasteiger partial charge in [0.1, 0.15) is 5.56 Å². The molecule has 1 aliphatic carbocycles. The van der Waals surface area contributed by atoms with Gasteiger partial charge in [-0.15, -0.1) is 0 Å². The van der Waals surface area contributed by atoms with Gasteiger partial charge in [0.15, 0.2) is 11.5 Å². The van der Waals surface area contributed by atoms with Crippen LogP contribution < -0.4 is 0 Å². The Morgan fingerprint density at radius 3 is 2.73 bits per heavy atom. The molecule has 1 aliphatic rings. The lowest BCUT2D eigenvalue weighted by Crippen LogP contribution is -2.15. The number of esters is 1. The average molecular weight is 440 g/mol. The minimum Gasteiger partial charge on any atom is -0.461 e. The van der Waals surface area contributed by atoms with Gasteiger partial charge in [-0.25, -0.2) is 4.79 Å². The first kappa shape index (κ1) is 19.0. The predicted molar refractivity (Wildman–Crippen MR) is 99.8 cm³/mol. The van der Waals surface area contributed by atoms with Crippen LogP contribution in [-0.2, 0) is 21.3 Å². The molecular weight excluding hydrogens is 422 g/mol. The van der Waals surface area contributed by atoms with E-state index in [9.17, 15) is 13.8 Å². The third-order valence-corrected chi connectivity index (χ3v) is 5.51. The second kappa shape index (κ2) is 7.84. The second-order valence-corrected chi connectivity index (χ2v) is 8.37. The number of halogens is 1. The van der Waals surface area contributed by atoms with Crippen molar-refractivity contribution < 1.29 is 23.1 Å². The van der Waals surface area contributed by atoms with Crippen LogP contribution in [0.1, 0.15) is 63.4 Å². The number of carbonyl (C=O) groups is 2. The molecule has 1 saturated carbocycles.